The Balaban J connectivity index is 1.61. The number of benzene rings is 2. The van der Waals surface area contributed by atoms with Crippen molar-refractivity contribution in [2.75, 3.05) is 20.8 Å². The Morgan fingerprint density at radius 1 is 1.03 bits per heavy atom. The highest BCUT2D eigenvalue weighted by Crippen LogP contribution is 2.30. The molecule has 0 bridgehead atoms. The summed E-state index contributed by atoms with van der Waals surface area (Å²) in [7, 11) is 3.40. The van der Waals surface area contributed by atoms with E-state index < -0.39 is 0 Å². The molecule has 0 N–H and O–H groups in total. The summed E-state index contributed by atoms with van der Waals surface area (Å²) < 4.78 is 13.3. The third-order valence-corrected chi connectivity index (χ3v) is 5.56. The van der Waals surface area contributed by atoms with Crippen LogP contribution in [0.15, 0.2) is 48.5 Å². The Labute approximate surface area is 172 Å². The first-order valence-electron chi connectivity index (χ1n) is 10.3. The van der Waals surface area contributed by atoms with Crippen molar-refractivity contribution in [3.63, 3.8) is 0 Å². The second-order valence-electron chi connectivity index (χ2n) is 7.48. The summed E-state index contributed by atoms with van der Waals surface area (Å²) in [6, 6.07) is 16.6. The quantitative estimate of drug-likeness (QED) is 0.593. The van der Waals surface area contributed by atoms with Crippen LogP contribution in [0.3, 0.4) is 0 Å². The number of fused-ring (bicyclic) bond motifs is 1. The molecule has 5 nitrogen and oxygen atoms in total. The summed E-state index contributed by atoms with van der Waals surface area (Å²) in [5, 5.41) is 0. The molecule has 0 radical (unpaired) electrons. The molecule has 3 aromatic rings. The highest BCUT2D eigenvalue weighted by molar-refractivity contribution is 5.57. The van der Waals surface area contributed by atoms with E-state index in [2.05, 4.69) is 52.8 Å². The second-order valence-corrected chi connectivity index (χ2v) is 7.48. The van der Waals surface area contributed by atoms with Gasteiger partial charge in [0, 0.05) is 49.8 Å². The minimum atomic E-state index is 0.819. The maximum Gasteiger partial charge on any atom is 0.140 e. The summed E-state index contributed by atoms with van der Waals surface area (Å²) in [6.07, 6.45) is 2.07. The van der Waals surface area contributed by atoms with E-state index >= 15 is 0 Å². The summed E-state index contributed by atoms with van der Waals surface area (Å²) >= 11 is 0. The SMILES string of the molecule is CCCn1c(-c2ccccc2)nc2c1CN(Cc1ccc(OC)cc1OC)CC2. The van der Waals surface area contributed by atoms with Crippen LogP contribution in [0.5, 0.6) is 11.5 Å². The molecule has 0 aliphatic carbocycles. The molecule has 1 aromatic heterocycles. The van der Waals surface area contributed by atoms with Crippen molar-refractivity contribution in [3.05, 3.63) is 65.5 Å². The molecule has 0 fully saturated rings. The minimum absolute atomic E-state index is 0.819. The lowest BCUT2D eigenvalue weighted by Crippen LogP contribution is -2.31. The molecular weight excluding hydrogens is 362 g/mol. The van der Waals surface area contributed by atoms with E-state index in [9.17, 15) is 0 Å². The number of aromatic nitrogens is 2. The highest BCUT2D eigenvalue weighted by atomic mass is 16.5. The molecule has 1 aliphatic heterocycles. The van der Waals surface area contributed by atoms with Crippen LogP contribution in [0, 0.1) is 0 Å². The first kappa shape index (κ1) is 19.5. The van der Waals surface area contributed by atoms with E-state index in [-0.39, 0.29) is 0 Å². The number of hydrogen-bond acceptors (Lipinski definition) is 4. The van der Waals surface area contributed by atoms with Gasteiger partial charge in [0.05, 0.1) is 25.6 Å². The first-order chi connectivity index (χ1) is 14.2. The van der Waals surface area contributed by atoms with E-state index in [0.29, 0.717) is 0 Å². The molecule has 2 aromatic carbocycles. The fraction of sp³-hybridized carbons (Fsp3) is 0.375. The molecule has 29 heavy (non-hydrogen) atoms. The summed E-state index contributed by atoms with van der Waals surface area (Å²) in [5.41, 5.74) is 4.97. The predicted molar refractivity (Wildman–Crippen MR) is 115 cm³/mol. The highest BCUT2D eigenvalue weighted by Gasteiger charge is 2.25. The number of imidazole rings is 1. The molecule has 2 heterocycles. The lowest BCUT2D eigenvalue weighted by molar-refractivity contribution is 0.233. The second kappa shape index (κ2) is 8.70. The van der Waals surface area contributed by atoms with Gasteiger partial charge in [-0.2, -0.15) is 0 Å². The van der Waals surface area contributed by atoms with Crippen LogP contribution in [0.4, 0.5) is 0 Å². The normalized spacial score (nSPS) is 13.9. The average molecular weight is 392 g/mol. The largest absolute Gasteiger partial charge is 0.497 e. The van der Waals surface area contributed by atoms with E-state index in [1.165, 1.54) is 22.5 Å². The van der Waals surface area contributed by atoms with Crippen LogP contribution in [0.1, 0.15) is 30.3 Å². The fourth-order valence-electron chi connectivity index (χ4n) is 4.10. The molecule has 0 atom stereocenters. The van der Waals surface area contributed by atoms with Crippen molar-refractivity contribution < 1.29 is 9.47 Å². The number of nitrogens with zero attached hydrogens (tertiary/aromatic N) is 3. The third-order valence-electron chi connectivity index (χ3n) is 5.56. The van der Waals surface area contributed by atoms with Gasteiger partial charge in [0.2, 0.25) is 0 Å². The van der Waals surface area contributed by atoms with Gasteiger partial charge < -0.3 is 14.0 Å². The Hall–Kier alpha value is -2.79. The van der Waals surface area contributed by atoms with Crippen LogP contribution >= 0.6 is 0 Å². The van der Waals surface area contributed by atoms with Crippen molar-refractivity contribution in [1.82, 2.24) is 14.5 Å². The van der Waals surface area contributed by atoms with Gasteiger partial charge in [-0.05, 0) is 12.5 Å². The van der Waals surface area contributed by atoms with Crippen LogP contribution in [-0.4, -0.2) is 35.2 Å². The predicted octanol–water partition coefficient (Wildman–Crippen LogP) is 4.54. The smallest absolute Gasteiger partial charge is 0.140 e. The van der Waals surface area contributed by atoms with E-state index in [4.69, 9.17) is 14.5 Å². The van der Waals surface area contributed by atoms with E-state index in [1.807, 2.05) is 12.1 Å². The molecule has 152 valence electrons. The summed E-state index contributed by atoms with van der Waals surface area (Å²) in [6.45, 7) is 5.98. The Bertz CT molecular complexity index is 966. The zero-order valence-corrected chi connectivity index (χ0v) is 17.5. The molecular formula is C24H29N3O2. The average Bonchev–Trinajstić information content (AvgIpc) is 3.13. The number of hydrogen-bond donors (Lipinski definition) is 0. The number of methoxy groups -OCH3 is 2. The zero-order chi connectivity index (χ0) is 20.2. The van der Waals surface area contributed by atoms with Gasteiger partial charge in [0.1, 0.15) is 17.3 Å². The van der Waals surface area contributed by atoms with Crippen molar-refractivity contribution in [3.8, 4) is 22.9 Å². The minimum Gasteiger partial charge on any atom is -0.497 e. The van der Waals surface area contributed by atoms with Gasteiger partial charge in [0.25, 0.3) is 0 Å². The lowest BCUT2D eigenvalue weighted by Gasteiger charge is -2.28. The van der Waals surface area contributed by atoms with Crippen molar-refractivity contribution in [1.29, 1.82) is 0 Å². The molecule has 1 aliphatic rings. The maximum atomic E-state index is 5.60. The molecule has 0 saturated carbocycles. The van der Waals surface area contributed by atoms with Crippen LogP contribution < -0.4 is 9.47 Å². The van der Waals surface area contributed by atoms with Gasteiger partial charge in [-0.3, -0.25) is 4.90 Å². The molecule has 4 rings (SSSR count). The van der Waals surface area contributed by atoms with Crippen molar-refractivity contribution in [2.45, 2.75) is 39.4 Å². The van der Waals surface area contributed by atoms with Crippen molar-refractivity contribution in [2.24, 2.45) is 0 Å². The van der Waals surface area contributed by atoms with Crippen LogP contribution in [-0.2, 0) is 26.1 Å². The zero-order valence-electron chi connectivity index (χ0n) is 17.5. The molecule has 0 saturated heterocycles. The standard InChI is InChI=1S/C24H29N3O2/c1-4-13-27-22-17-26(16-19-10-11-20(28-2)15-23(19)29-3)14-12-21(22)25-24(27)18-8-6-5-7-9-18/h5-11,15H,4,12-14,16-17H2,1-3H3. The fourth-order valence-corrected chi connectivity index (χ4v) is 4.10. The summed E-state index contributed by atoms with van der Waals surface area (Å²) in [5.74, 6) is 2.79. The van der Waals surface area contributed by atoms with Gasteiger partial charge in [-0.25, -0.2) is 4.98 Å². The monoisotopic (exact) mass is 391 g/mol. The third kappa shape index (κ3) is 4.01. The Kier molecular flexibility index (Phi) is 5.86. The van der Waals surface area contributed by atoms with Gasteiger partial charge >= 0.3 is 0 Å². The van der Waals surface area contributed by atoms with E-state index in [1.54, 1.807) is 14.2 Å². The van der Waals surface area contributed by atoms with Gasteiger partial charge in [-0.1, -0.05) is 43.3 Å². The number of ether oxygens (including phenoxy) is 2. The van der Waals surface area contributed by atoms with Crippen molar-refractivity contribution >= 4 is 0 Å². The molecule has 0 unspecified atom stereocenters. The van der Waals surface area contributed by atoms with Crippen LogP contribution in [0.25, 0.3) is 11.4 Å². The van der Waals surface area contributed by atoms with Gasteiger partial charge in [-0.15, -0.1) is 0 Å². The lowest BCUT2D eigenvalue weighted by atomic mass is 10.1. The van der Waals surface area contributed by atoms with Gasteiger partial charge in [0.15, 0.2) is 0 Å². The van der Waals surface area contributed by atoms with Crippen LogP contribution in [0.2, 0.25) is 0 Å². The number of rotatable bonds is 7. The van der Waals surface area contributed by atoms with E-state index in [0.717, 1.165) is 56.3 Å². The maximum absolute atomic E-state index is 5.60. The molecule has 0 spiro atoms. The topological polar surface area (TPSA) is 39.5 Å². The molecule has 5 heteroatoms. The summed E-state index contributed by atoms with van der Waals surface area (Å²) in [4.78, 5) is 7.51. The Morgan fingerprint density at radius 3 is 2.59 bits per heavy atom. The Morgan fingerprint density at radius 2 is 1.86 bits per heavy atom. The molecule has 0 amide bonds. The first-order valence-corrected chi connectivity index (χ1v) is 10.3.